The second kappa shape index (κ2) is 7.19. The summed E-state index contributed by atoms with van der Waals surface area (Å²) in [6.07, 6.45) is 1.82. The van der Waals surface area contributed by atoms with Gasteiger partial charge >= 0.3 is 0 Å². The third kappa shape index (κ3) is 3.84. The van der Waals surface area contributed by atoms with Gasteiger partial charge in [-0.1, -0.05) is 19.1 Å². The third-order valence-corrected chi connectivity index (χ3v) is 3.36. The van der Waals surface area contributed by atoms with E-state index in [1.165, 1.54) is 0 Å². The highest BCUT2D eigenvalue weighted by atomic mass is 16.6. The molecule has 1 N–H and O–H groups in total. The molecule has 2 aromatic rings. The number of nitrogens with one attached hydrogen (secondary N) is 1. The molecule has 0 radical (unpaired) electrons. The summed E-state index contributed by atoms with van der Waals surface area (Å²) in [7, 11) is 0. The predicted octanol–water partition coefficient (Wildman–Crippen LogP) is 1.83. The van der Waals surface area contributed by atoms with E-state index in [4.69, 9.17) is 5.26 Å². The predicted molar refractivity (Wildman–Crippen MR) is 86.5 cm³/mol. The number of nitrogens with zero attached hydrogens (tertiary/aromatic N) is 3. The number of benzene rings is 1. The first-order valence-electron chi connectivity index (χ1n) is 7.12. The summed E-state index contributed by atoms with van der Waals surface area (Å²) >= 11 is 0. The summed E-state index contributed by atoms with van der Waals surface area (Å²) in [5.41, 5.74) is 0.105. The van der Waals surface area contributed by atoms with Crippen LogP contribution in [-0.4, -0.2) is 15.4 Å². The van der Waals surface area contributed by atoms with E-state index in [2.05, 4.69) is 5.32 Å². The zero-order valence-corrected chi connectivity index (χ0v) is 12.9. The highest BCUT2D eigenvalue weighted by Crippen LogP contribution is 2.12. The summed E-state index contributed by atoms with van der Waals surface area (Å²) in [6.45, 7) is 1.58. The molecule has 0 bridgehead atoms. The fourth-order valence-electron chi connectivity index (χ4n) is 2.10. The molecule has 0 unspecified atom stereocenters. The maximum Gasteiger partial charge on any atom is 0.287 e. The van der Waals surface area contributed by atoms with E-state index in [1.54, 1.807) is 18.2 Å². The van der Waals surface area contributed by atoms with Gasteiger partial charge in [0, 0.05) is 11.8 Å². The SMILES string of the molecule is CCc1ccc(NC(=O)Cn2cc([N+](=O)[O-])cc(C#N)c2=O)cc1. The number of aryl methyl sites for hydroxylation is 1. The Bertz CT molecular complexity index is 878. The van der Waals surface area contributed by atoms with Crippen LogP contribution in [0.1, 0.15) is 18.1 Å². The van der Waals surface area contributed by atoms with E-state index in [9.17, 15) is 19.7 Å². The van der Waals surface area contributed by atoms with Gasteiger partial charge in [0.05, 0.1) is 11.1 Å². The lowest BCUT2D eigenvalue weighted by Crippen LogP contribution is -2.29. The molecule has 8 heteroatoms. The first kappa shape index (κ1) is 16.9. The van der Waals surface area contributed by atoms with Crippen LogP contribution in [0, 0.1) is 21.4 Å². The smallest absolute Gasteiger partial charge is 0.287 e. The summed E-state index contributed by atoms with van der Waals surface area (Å²) in [6, 6.07) is 9.67. The molecule has 122 valence electrons. The number of pyridine rings is 1. The van der Waals surface area contributed by atoms with Crippen molar-refractivity contribution < 1.29 is 9.72 Å². The van der Waals surface area contributed by atoms with Gasteiger partial charge in [0.15, 0.2) is 0 Å². The van der Waals surface area contributed by atoms with Crippen LogP contribution in [-0.2, 0) is 17.8 Å². The molecule has 0 spiro atoms. The Kier molecular flexibility index (Phi) is 5.06. The molecule has 0 aliphatic carbocycles. The van der Waals surface area contributed by atoms with E-state index in [-0.39, 0.29) is 5.56 Å². The fourth-order valence-corrected chi connectivity index (χ4v) is 2.10. The van der Waals surface area contributed by atoms with Crippen LogP contribution in [0.2, 0.25) is 0 Å². The Labute approximate surface area is 137 Å². The van der Waals surface area contributed by atoms with Crippen molar-refractivity contribution in [2.45, 2.75) is 19.9 Å². The van der Waals surface area contributed by atoms with Gasteiger partial charge in [-0.3, -0.25) is 24.3 Å². The average molecular weight is 326 g/mol. The van der Waals surface area contributed by atoms with Crippen LogP contribution >= 0.6 is 0 Å². The lowest BCUT2D eigenvalue weighted by atomic mass is 10.1. The van der Waals surface area contributed by atoms with Crippen molar-refractivity contribution >= 4 is 17.3 Å². The van der Waals surface area contributed by atoms with Crippen molar-refractivity contribution in [3.8, 4) is 6.07 Å². The lowest BCUT2D eigenvalue weighted by molar-refractivity contribution is -0.385. The zero-order valence-electron chi connectivity index (χ0n) is 12.9. The van der Waals surface area contributed by atoms with Gasteiger partial charge in [-0.25, -0.2) is 0 Å². The molecule has 8 nitrogen and oxygen atoms in total. The Morgan fingerprint density at radius 3 is 2.58 bits per heavy atom. The molecule has 2 rings (SSSR count). The van der Waals surface area contributed by atoms with E-state index in [1.807, 2.05) is 19.1 Å². The number of carbonyl (C=O) groups excluding carboxylic acids is 1. The van der Waals surface area contributed by atoms with Gasteiger partial charge in [-0.15, -0.1) is 0 Å². The first-order valence-corrected chi connectivity index (χ1v) is 7.12. The van der Waals surface area contributed by atoms with Crippen molar-refractivity contribution in [3.63, 3.8) is 0 Å². The molecule has 1 aromatic heterocycles. The number of rotatable bonds is 5. The summed E-state index contributed by atoms with van der Waals surface area (Å²) in [5, 5.41) is 22.3. The van der Waals surface area contributed by atoms with Gasteiger partial charge < -0.3 is 5.32 Å². The monoisotopic (exact) mass is 326 g/mol. The molecule has 1 amide bonds. The second-order valence-electron chi connectivity index (χ2n) is 5.01. The van der Waals surface area contributed by atoms with E-state index < -0.39 is 28.6 Å². The number of nitro groups is 1. The second-order valence-corrected chi connectivity index (χ2v) is 5.01. The molecule has 0 aliphatic rings. The minimum atomic E-state index is -0.750. The Hall–Kier alpha value is -3.47. The van der Waals surface area contributed by atoms with Gasteiger partial charge in [0.2, 0.25) is 5.91 Å². The Balaban J connectivity index is 2.21. The highest BCUT2D eigenvalue weighted by molar-refractivity contribution is 5.90. The summed E-state index contributed by atoms with van der Waals surface area (Å²) in [4.78, 5) is 34.2. The van der Waals surface area contributed by atoms with Crippen LogP contribution in [0.3, 0.4) is 0 Å². The molecule has 1 aromatic carbocycles. The fraction of sp³-hybridized carbons (Fsp3) is 0.188. The normalized spacial score (nSPS) is 10.0. The first-order chi connectivity index (χ1) is 11.4. The number of aromatic nitrogens is 1. The quantitative estimate of drug-likeness (QED) is 0.664. The molecule has 0 saturated heterocycles. The van der Waals surface area contributed by atoms with Crippen LogP contribution in [0.5, 0.6) is 0 Å². The van der Waals surface area contributed by atoms with Gasteiger partial charge in [-0.2, -0.15) is 5.26 Å². The Morgan fingerprint density at radius 2 is 2.04 bits per heavy atom. The third-order valence-electron chi connectivity index (χ3n) is 3.36. The van der Waals surface area contributed by atoms with Crippen LogP contribution in [0.4, 0.5) is 11.4 Å². The number of anilines is 1. The van der Waals surface area contributed by atoms with Gasteiger partial charge in [-0.05, 0) is 24.1 Å². The van der Waals surface area contributed by atoms with Crippen molar-refractivity contribution in [1.82, 2.24) is 4.57 Å². The Morgan fingerprint density at radius 1 is 1.38 bits per heavy atom. The molecule has 0 saturated carbocycles. The van der Waals surface area contributed by atoms with E-state index >= 15 is 0 Å². The molecular weight excluding hydrogens is 312 g/mol. The maximum absolute atomic E-state index is 12.0. The van der Waals surface area contributed by atoms with Crippen molar-refractivity contribution in [1.29, 1.82) is 5.26 Å². The topological polar surface area (TPSA) is 118 Å². The molecule has 1 heterocycles. The molecule has 0 atom stereocenters. The molecule has 0 aliphatic heterocycles. The molecule has 0 fully saturated rings. The standard InChI is InChI=1S/C16H14N4O4/c1-2-11-3-5-13(6-4-11)18-15(21)10-19-9-14(20(23)24)7-12(8-17)16(19)22/h3-7,9H,2,10H2,1H3,(H,18,21). The van der Waals surface area contributed by atoms with E-state index in [0.29, 0.717) is 5.69 Å². The van der Waals surface area contributed by atoms with Crippen molar-refractivity contribution in [2.75, 3.05) is 5.32 Å². The maximum atomic E-state index is 12.0. The minimum absolute atomic E-state index is 0.385. The highest BCUT2D eigenvalue weighted by Gasteiger charge is 2.15. The van der Waals surface area contributed by atoms with Gasteiger partial charge in [0.25, 0.3) is 11.2 Å². The van der Waals surface area contributed by atoms with Crippen LogP contribution < -0.4 is 10.9 Å². The van der Waals surface area contributed by atoms with Gasteiger partial charge in [0.1, 0.15) is 18.2 Å². The minimum Gasteiger partial charge on any atom is -0.325 e. The number of carbonyl (C=O) groups is 1. The average Bonchev–Trinajstić information content (AvgIpc) is 2.57. The van der Waals surface area contributed by atoms with Crippen LogP contribution in [0.15, 0.2) is 41.3 Å². The van der Waals surface area contributed by atoms with E-state index in [0.717, 1.165) is 28.8 Å². The van der Waals surface area contributed by atoms with Crippen molar-refractivity contribution in [3.05, 3.63) is 68.1 Å². The van der Waals surface area contributed by atoms with Crippen molar-refractivity contribution in [2.24, 2.45) is 0 Å². The largest absolute Gasteiger partial charge is 0.325 e. The number of nitriles is 1. The molecule has 24 heavy (non-hydrogen) atoms. The lowest BCUT2D eigenvalue weighted by Gasteiger charge is -2.08. The number of hydrogen-bond acceptors (Lipinski definition) is 5. The number of amides is 1. The molecular formula is C16H14N4O4. The zero-order chi connectivity index (χ0) is 17.7. The summed E-state index contributed by atoms with van der Waals surface area (Å²) < 4.78 is 0.854. The summed E-state index contributed by atoms with van der Waals surface area (Å²) in [5.74, 6) is -0.522. The number of hydrogen-bond donors (Lipinski definition) is 1. The van der Waals surface area contributed by atoms with Crippen LogP contribution in [0.25, 0.3) is 0 Å².